The standard InChI is InChI=1S/C13H18BrFN2O2S/c1-12(2,3)20(19)17-13(4,7-8-18)11-9(15)5-6-10(14)16-11/h5-6,8,17H,7H2,1-4H3/t13-,20+/m0/s1. The highest BCUT2D eigenvalue weighted by atomic mass is 79.9. The topological polar surface area (TPSA) is 65.0 Å². The van der Waals surface area contributed by atoms with Gasteiger partial charge in [0.2, 0.25) is 0 Å². The first kappa shape index (κ1) is 17.6. The molecule has 0 unspecified atom stereocenters. The van der Waals surface area contributed by atoms with Gasteiger partial charge < -0.3 is 9.35 Å². The first-order valence-electron chi connectivity index (χ1n) is 6.06. The Bertz CT molecular complexity index is 496. The molecule has 0 aliphatic carbocycles. The normalized spacial score (nSPS) is 16.6. The summed E-state index contributed by atoms with van der Waals surface area (Å²) >= 11 is 1.72. The van der Waals surface area contributed by atoms with E-state index in [0.717, 1.165) is 0 Å². The second kappa shape index (κ2) is 6.51. The van der Waals surface area contributed by atoms with E-state index in [9.17, 15) is 13.7 Å². The Morgan fingerprint density at radius 3 is 2.55 bits per heavy atom. The highest BCUT2D eigenvalue weighted by Crippen LogP contribution is 2.29. The minimum absolute atomic E-state index is 0.0325. The molecule has 0 fully saturated rings. The maximum atomic E-state index is 14.0. The number of carbonyl (C=O) groups is 1. The van der Waals surface area contributed by atoms with E-state index >= 15 is 0 Å². The molecule has 1 rings (SSSR count). The predicted molar refractivity (Wildman–Crippen MR) is 81.0 cm³/mol. The lowest BCUT2D eigenvalue weighted by molar-refractivity contribution is -0.109. The molecule has 0 saturated carbocycles. The molecule has 0 aliphatic heterocycles. The average molecular weight is 365 g/mol. The van der Waals surface area contributed by atoms with E-state index in [0.29, 0.717) is 10.9 Å². The van der Waals surface area contributed by atoms with Crippen LogP contribution in [0.5, 0.6) is 0 Å². The van der Waals surface area contributed by atoms with Gasteiger partial charge in [0.25, 0.3) is 0 Å². The van der Waals surface area contributed by atoms with Crippen LogP contribution in [-0.2, 0) is 21.7 Å². The lowest BCUT2D eigenvalue weighted by atomic mass is 9.95. The van der Waals surface area contributed by atoms with E-state index in [4.69, 9.17) is 0 Å². The van der Waals surface area contributed by atoms with Gasteiger partial charge in [0.15, 0.2) is 0 Å². The Balaban J connectivity index is 3.20. The number of nitrogens with one attached hydrogen (secondary N) is 1. The van der Waals surface area contributed by atoms with Gasteiger partial charge in [-0.15, -0.1) is 4.72 Å². The molecule has 0 amide bonds. The number of pyridine rings is 1. The number of nitrogens with zero attached hydrogens (tertiary/aromatic N) is 1. The Labute approximate surface area is 130 Å². The van der Waals surface area contributed by atoms with Crippen molar-refractivity contribution in [2.45, 2.75) is 44.4 Å². The van der Waals surface area contributed by atoms with E-state index in [1.807, 2.05) is 0 Å². The number of hydrogen-bond acceptors (Lipinski definition) is 4. The third-order valence-electron chi connectivity index (χ3n) is 2.70. The van der Waals surface area contributed by atoms with Gasteiger partial charge in [-0.2, -0.15) is 0 Å². The fourth-order valence-electron chi connectivity index (χ4n) is 1.52. The highest BCUT2D eigenvalue weighted by molar-refractivity contribution is 9.10. The van der Waals surface area contributed by atoms with Crippen LogP contribution in [0.4, 0.5) is 4.39 Å². The molecule has 1 aromatic heterocycles. The Morgan fingerprint density at radius 2 is 2.05 bits per heavy atom. The quantitative estimate of drug-likeness (QED) is 0.495. The second-order valence-electron chi connectivity index (χ2n) is 5.65. The number of aldehydes is 1. The lowest BCUT2D eigenvalue weighted by Crippen LogP contribution is -2.50. The van der Waals surface area contributed by atoms with Crippen molar-refractivity contribution in [3.8, 4) is 0 Å². The van der Waals surface area contributed by atoms with Crippen LogP contribution in [0.25, 0.3) is 0 Å². The summed E-state index contributed by atoms with van der Waals surface area (Å²) in [7, 11) is 0. The summed E-state index contributed by atoms with van der Waals surface area (Å²) in [6.07, 6.45) is 0.629. The minimum atomic E-state index is -1.45. The zero-order valence-electron chi connectivity index (χ0n) is 11.9. The summed E-state index contributed by atoms with van der Waals surface area (Å²) in [5, 5.41) is 0. The van der Waals surface area contributed by atoms with E-state index in [-0.39, 0.29) is 12.1 Å². The molecule has 0 aromatic carbocycles. The number of aromatic nitrogens is 1. The van der Waals surface area contributed by atoms with Crippen LogP contribution in [0, 0.1) is 5.82 Å². The van der Waals surface area contributed by atoms with Gasteiger partial charge in [0, 0.05) is 17.8 Å². The van der Waals surface area contributed by atoms with Gasteiger partial charge in [-0.1, -0.05) is 0 Å². The van der Waals surface area contributed by atoms with Crippen LogP contribution in [0.3, 0.4) is 0 Å². The molecule has 1 heterocycles. The van der Waals surface area contributed by atoms with Crippen molar-refractivity contribution in [1.82, 2.24) is 9.71 Å². The summed E-state index contributed by atoms with van der Waals surface area (Å²) in [5.74, 6) is -0.545. The Morgan fingerprint density at radius 1 is 1.45 bits per heavy atom. The first-order chi connectivity index (χ1) is 9.10. The SMILES string of the molecule is CC(C)(C)[S@@+]([O-])N[C@@](C)(CC=O)c1nc(Br)ccc1F. The van der Waals surface area contributed by atoms with Crippen LogP contribution < -0.4 is 4.72 Å². The molecule has 112 valence electrons. The molecular formula is C13H18BrFN2O2S. The van der Waals surface area contributed by atoms with Crippen LogP contribution in [-0.4, -0.2) is 20.6 Å². The molecule has 2 atom stereocenters. The van der Waals surface area contributed by atoms with Gasteiger partial charge in [-0.3, -0.25) is 0 Å². The summed E-state index contributed by atoms with van der Waals surface area (Å²) in [6, 6.07) is 2.73. The molecular weight excluding hydrogens is 347 g/mol. The van der Waals surface area contributed by atoms with Crippen molar-refractivity contribution in [3.63, 3.8) is 0 Å². The molecule has 0 aliphatic rings. The number of carbonyl (C=O) groups excluding carboxylic acids is 1. The Kier molecular flexibility index (Phi) is 5.71. The van der Waals surface area contributed by atoms with E-state index in [1.54, 1.807) is 27.7 Å². The van der Waals surface area contributed by atoms with Crippen molar-refractivity contribution >= 4 is 33.6 Å². The molecule has 0 bridgehead atoms. The fraction of sp³-hybridized carbons (Fsp3) is 0.538. The van der Waals surface area contributed by atoms with Crippen molar-refractivity contribution < 1.29 is 13.7 Å². The third-order valence-corrected chi connectivity index (χ3v) is 4.89. The molecule has 0 spiro atoms. The maximum Gasteiger partial charge on any atom is 0.146 e. The lowest BCUT2D eigenvalue weighted by Gasteiger charge is -2.33. The van der Waals surface area contributed by atoms with Crippen LogP contribution in [0.1, 0.15) is 39.8 Å². The van der Waals surface area contributed by atoms with Crippen molar-refractivity contribution in [3.05, 3.63) is 28.2 Å². The third kappa shape index (κ3) is 4.25. The van der Waals surface area contributed by atoms with Crippen LogP contribution >= 0.6 is 15.9 Å². The molecule has 7 heteroatoms. The predicted octanol–water partition coefficient (Wildman–Crippen LogP) is 2.84. The summed E-state index contributed by atoms with van der Waals surface area (Å²) in [4.78, 5) is 15.0. The van der Waals surface area contributed by atoms with E-state index < -0.39 is 27.5 Å². The van der Waals surface area contributed by atoms with Crippen LogP contribution in [0.2, 0.25) is 0 Å². The number of rotatable bonds is 5. The monoisotopic (exact) mass is 364 g/mol. The molecule has 20 heavy (non-hydrogen) atoms. The summed E-state index contributed by atoms with van der Waals surface area (Å²) < 4.78 is 29.0. The van der Waals surface area contributed by atoms with Crippen molar-refractivity contribution in [2.75, 3.05) is 0 Å². The average Bonchev–Trinajstić information content (AvgIpc) is 2.31. The van der Waals surface area contributed by atoms with Crippen LogP contribution in [0.15, 0.2) is 16.7 Å². The first-order valence-corrected chi connectivity index (χ1v) is 8.00. The molecule has 4 nitrogen and oxygen atoms in total. The molecule has 1 aromatic rings. The summed E-state index contributed by atoms with van der Waals surface area (Å²) in [6.45, 7) is 7.00. The van der Waals surface area contributed by atoms with Crippen molar-refractivity contribution in [2.24, 2.45) is 0 Å². The number of hydrogen-bond donors (Lipinski definition) is 1. The zero-order chi connectivity index (χ0) is 15.6. The summed E-state index contributed by atoms with van der Waals surface area (Å²) in [5.41, 5.74) is -1.06. The van der Waals surface area contributed by atoms with Gasteiger partial charge in [-0.25, -0.2) is 9.37 Å². The minimum Gasteiger partial charge on any atom is -0.598 e. The molecule has 1 N–H and O–H groups in total. The molecule has 0 radical (unpaired) electrons. The highest BCUT2D eigenvalue weighted by Gasteiger charge is 2.39. The number of halogens is 2. The van der Waals surface area contributed by atoms with Crippen molar-refractivity contribution in [1.29, 1.82) is 0 Å². The van der Waals surface area contributed by atoms with Gasteiger partial charge in [0.1, 0.15) is 32.7 Å². The molecule has 0 saturated heterocycles. The second-order valence-corrected chi connectivity index (χ2v) is 8.43. The smallest absolute Gasteiger partial charge is 0.146 e. The van der Waals surface area contributed by atoms with E-state index in [1.165, 1.54) is 12.1 Å². The largest absolute Gasteiger partial charge is 0.598 e. The van der Waals surface area contributed by atoms with E-state index in [2.05, 4.69) is 25.6 Å². The van der Waals surface area contributed by atoms with Gasteiger partial charge in [-0.05, 0) is 55.8 Å². The zero-order valence-corrected chi connectivity index (χ0v) is 14.3. The Hall–Kier alpha value is -0.500. The maximum absolute atomic E-state index is 14.0. The fourth-order valence-corrected chi connectivity index (χ4v) is 2.72. The van der Waals surface area contributed by atoms with Gasteiger partial charge in [0.05, 0.1) is 0 Å². The van der Waals surface area contributed by atoms with Gasteiger partial charge >= 0.3 is 0 Å².